The minimum Gasteiger partial charge on any atom is -0.358 e. The van der Waals surface area contributed by atoms with Crippen molar-refractivity contribution in [2.45, 2.75) is 71.1 Å². The summed E-state index contributed by atoms with van der Waals surface area (Å²) in [6, 6.07) is 6.85. The maximum Gasteiger partial charge on any atom is 0.0459 e. The lowest BCUT2D eigenvalue weighted by atomic mass is 9.97. The monoisotopic (exact) mass is 269 g/mol. The lowest BCUT2D eigenvalue weighted by Gasteiger charge is -2.08. The molecular weight excluding hydrogens is 242 g/mol. The molecule has 20 heavy (non-hydrogen) atoms. The van der Waals surface area contributed by atoms with Crippen LogP contribution in [0.2, 0.25) is 0 Å². The van der Waals surface area contributed by atoms with Gasteiger partial charge in [-0.3, -0.25) is 0 Å². The van der Waals surface area contributed by atoms with Crippen LogP contribution in [0.4, 0.5) is 0 Å². The minimum absolute atomic E-state index is 1.24. The van der Waals surface area contributed by atoms with Crippen LogP contribution in [-0.2, 0) is 12.8 Å². The van der Waals surface area contributed by atoms with Gasteiger partial charge in [0.25, 0.3) is 0 Å². The standard InChI is InChI=1S/C19H27N/c1-15-12-13-19-17(14-15)16-10-8-6-4-2-3-5-7-9-11-18(16)20-19/h12-14,20H,2-11H2,1H3. The molecule has 1 aromatic heterocycles. The Morgan fingerprint density at radius 2 is 1.45 bits per heavy atom. The summed E-state index contributed by atoms with van der Waals surface area (Å²) >= 11 is 0. The van der Waals surface area contributed by atoms with E-state index in [1.807, 2.05) is 0 Å². The Morgan fingerprint density at radius 3 is 2.20 bits per heavy atom. The van der Waals surface area contributed by atoms with Gasteiger partial charge in [-0.05, 0) is 50.3 Å². The van der Waals surface area contributed by atoms with Crippen molar-refractivity contribution in [2.75, 3.05) is 0 Å². The minimum atomic E-state index is 1.24. The van der Waals surface area contributed by atoms with E-state index in [0.29, 0.717) is 0 Å². The first-order chi connectivity index (χ1) is 9.84. The van der Waals surface area contributed by atoms with E-state index < -0.39 is 0 Å². The van der Waals surface area contributed by atoms with E-state index in [1.54, 1.807) is 5.56 Å². The highest BCUT2D eigenvalue weighted by atomic mass is 14.7. The molecule has 1 nitrogen and oxygen atoms in total. The number of rotatable bonds is 0. The number of aromatic nitrogens is 1. The van der Waals surface area contributed by atoms with E-state index >= 15 is 0 Å². The number of aryl methyl sites for hydroxylation is 3. The number of hydrogen-bond acceptors (Lipinski definition) is 0. The highest BCUT2D eigenvalue weighted by Crippen LogP contribution is 2.27. The van der Waals surface area contributed by atoms with Gasteiger partial charge >= 0.3 is 0 Å². The van der Waals surface area contributed by atoms with Crippen molar-refractivity contribution < 1.29 is 0 Å². The Kier molecular flexibility index (Phi) is 4.44. The molecule has 0 aliphatic heterocycles. The van der Waals surface area contributed by atoms with Crippen molar-refractivity contribution in [2.24, 2.45) is 0 Å². The third kappa shape index (κ3) is 3.08. The Balaban J connectivity index is 1.91. The first-order valence-corrected chi connectivity index (χ1v) is 8.45. The summed E-state index contributed by atoms with van der Waals surface area (Å²) < 4.78 is 0. The van der Waals surface area contributed by atoms with E-state index in [-0.39, 0.29) is 0 Å². The molecule has 2 aromatic rings. The fourth-order valence-electron chi connectivity index (χ4n) is 3.58. The summed E-state index contributed by atoms with van der Waals surface area (Å²) in [7, 11) is 0. The van der Waals surface area contributed by atoms with Gasteiger partial charge in [0.2, 0.25) is 0 Å². The number of hydrogen-bond donors (Lipinski definition) is 1. The second kappa shape index (κ2) is 6.47. The average Bonchev–Trinajstić information content (AvgIpc) is 2.76. The molecule has 0 spiro atoms. The molecule has 0 saturated carbocycles. The molecule has 0 amide bonds. The molecule has 0 bridgehead atoms. The first kappa shape index (κ1) is 13.7. The van der Waals surface area contributed by atoms with Crippen molar-refractivity contribution in [3.8, 4) is 0 Å². The molecule has 1 aliphatic carbocycles. The zero-order valence-electron chi connectivity index (χ0n) is 12.8. The van der Waals surface area contributed by atoms with Gasteiger partial charge < -0.3 is 4.98 Å². The molecule has 0 fully saturated rings. The van der Waals surface area contributed by atoms with Crippen molar-refractivity contribution in [3.05, 3.63) is 35.0 Å². The Labute approximate surface area is 122 Å². The number of H-pyrrole nitrogens is 1. The van der Waals surface area contributed by atoms with Gasteiger partial charge in [0.05, 0.1) is 0 Å². The van der Waals surface area contributed by atoms with Gasteiger partial charge in [-0.25, -0.2) is 0 Å². The maximum atomic E-state index is 3.70. The summed E-state index contributed by atoms with van der Waals surface area (Å²) in [5, 5.41) is 1.48. The van der Waals surface area contributed by atoms with E-state index in [9.17, 15) is 0 Å². The molecule has 3 rings (SSSR count). The van der Waals surface area contributed by atoms with Gasteiger partial charge in [0.15, 0.2) is 0 Å². The van der Waals surface area contributed by atoms with Crippen LogP contribution in [0.3, 0.4) is 0 Å². The molecule has 108 valence electrons. The van der Waals surface area contributed by atoms with E-state index in [4.69, 9.17) is 0 Å². The van der Waals surface area contributed by atoms with Crippen molar-refractivity contribution in [1.82, 2.24) is 4.98 Å². The highest BCUT2D eigenvalue weighted by molar-refractivity contribution is 5.85. The molecule has 1 N–H and O–H groups in total. The number of fused-ring (bicyclic) bond motifs is 3. The molecule has 1 heterocycles. The van der Waals surface area contributed by atoms with Crippen LogP contribution in [0.25, 0.3) is 10.9 Å². The molecule has 1 heteroatoms. The summed E-state index contributed by atoms with van der Waals surface area (Å²) in [5.74, 6) is 0. The van der Waals surface area contributed by atoms with Gasteiger partial charge in [-0.1, -0.05) is 50.2 Å². The zero-order chi connectivity index (χ0) is 13.8. The lowest BCUT2D eigenvalue weighted by molar-refractivity contribution is 0.559. The van der Waals surface area contributed by atoms with Crippen LogP contribution in [0.1, 0.15) is 68.2 Å². The molecule has 0 unspecified atom stereocenters. The smallest absolute Gasteiger partial charge is 0.0459 e. The average molecular weight is 269 g/mol. The van der Waals surface area contributed by atoms with E-state index in [1.165, 1.54) is 86.4 Å². The largest absolute Gasteiger partial charge is 0.358 e. The second-order valence-electron chi connectivity index (χ2n) is 6.46. The van der Waals surface area contributed by atoms with Crippen LogP contribution >= 0.6 is 0 Å². The molecule has 1 aliphatic rings. The van der Waals surface area contributed by atoms with Gasteiger partial charge in [-0.2, -0.15) is 0 Å². The Hall–Kier alpha value is -1.24. The summed E-state index contributed by atoms with van der Waals surface area (Å²) in [5.41, 5.74) is 5.86. The molecular formula is C19H27N. The highest BCUT2D eigenvalue weighted by Gasteiger charge is 2.11. The normalized spacial score (nSPS) is 18.2. The number of aromatic amines is 1. The van der Waals surface area contributed by atoms with Crippen LogP contribution in [0.15, 0.2) is 18.2 Å². The topological polar surface area (TPSA) is 15.8 Å². The Morgan fingerprint density at radius 1 is 0.800 bits per heavy atom. The summed E-state index contributed by atoms with van der Waals surface area (Å²) in [6.07, 6.45) is 13.7. The molecule has 0 radical (unpaired) electrons. The molecule has 0 saturated heterocycles. The van der Waals surface area contributed by atoms with Crippen molar-refractivity contribution in [3.63, 3.8) is 0 Å². The van der Waals surface area contributed by atoms with E-state index in [2.05, 4.69) is 30.1 Å². The third-order valence-electron chi connectivity index (χ3n) is 4.75. The van der Waals surface area contributed by atoms with Crippen molar-refractivity contribution >= 4 is 10.9 Å². The van der Waals surface area contributed by atoms with Crippen LogP contribution in [0, 0.1) is 6.92 Å². The van der Waals surface area contributed by atoms with Gasteiger partial charge in [-0.15, -0.1) is 0 Å². The molecule has 0 atom stereocenters. The SMILES string of the molecule is Cc1ccc2[nH]c3c(c2c1)CCCCCCCCCC3. The lowest BCUT2D eigenvalue weighted by Crippen LogP contribution is -1.95. The van der Waals surface area contributed by atoms with Crippen LogP contribution in [-0.4, -0.2) is 4.98 Å². The number of benzene rings is 1. The van der Waals surface area contributed by atoms with Gasteiger partial charge in [0, 0.05) is 16.6 Å². The van der Waals surface area contributed by atoms with Crippen LogP contribution in [0.5, 0.6) is 0 Å². The summed E-state index contributed by atoms with van der Waals surface area (Å²) in [6.45, 7) is 2.20. The van der Waals surface area contributed by atoms with Crippen LogP contribution < -0.4 is 0 Å². The third-order valence-corrected chi connectivity index (χ3v) is 4.75. The quantitative estimate of drug-likeness (QED) is 0.632. The molecule has 1 aromatic carbocycles. The predicted octanol–water partition coefficient (Wildman–Crippen LogP) is 5.70. The predicted molar refractivity (Wildman–Crippen MR) is 87.4 cm³/mol. The van der Waals surface area contributed by atoms with E-state index in [0.717, 1.165) is 0 Å². The fourth-order valence-corrected chi connectivity index (χ4v) is 3.58. The maximum absolute atomic E-state index is 3.70. The Bertz CT molecular complexity index is 564. The number of nitrogens with one attached hydrogen (secondary N) is 1. The fraction of sp³-hybridized carbons (Fsp3) is 0.579. The van der Waals surface area contributed by atoms with Gasteiger partial charge in [0.1, 0.15) is 0 Å². The first-order valence-electron chi connectivity index (χ1n) is 8.45. The summed E-state index contributed by atoms with van der Waals surface area (Å²) in [4.78, 5) is 3.70. The zero-order valence-corrected chi connectivity index (χ0v) is 12.8. The second-order valence-corrected chi connectivity index (χ2v) is 6.46. The van der Waals surface area contributed by atoms with Crippen molar-refractivity contribution in [1.29, 1.82) is 0 Å².